The van der Waals surface area contributed by atoms with Gasteiger partial charge < -0.3 is 10.6 Å². The summed E-state index contributed by atoms with van der Waals surface area (Å²) in [6.45, 7) is 3.05. The first-order valence-corrected chi connectivity index (χ1v) is 5.47. The molecule has 0 aromatic carbocycles. The molecule has 0 aliphatic carbocycles. The van der Waals surface area contributed by atoms with Crippen LogP contribution in [0.3, 0.4) is 0 Å². The van der Waals surface area contributed by atoms with Crippen molar-refractivity contribution in [2.45, 2.75) is 32.2 Å². The normalized spacial score (nSPS) is 19.7. The highest BCUT2D eigenvalue weighted by molar-refractivity contribution is 6.05. The molecule has 0 radical (unpaired) electrons. The Balaban J connectivity index is 2.13. The lowest BCUT2D eigenvalue weighted by atomic mass is 10.2. The van der Waals surface area contributed by atoms with Crippen LogP contribution in [0, 0.1) is 0 Å². The molecule has 0 aromatic heterocycles. The van der Waals surface area contributed by atoms with Crippen molar-refractivity contribution in [2.75, 3.05) is 13.1 Å². The Morgan fingerprint density at radius 1 is 1.44 bits per heavy atom. The number of amides is 3. The molecule has 0 bridgehead atoms. The Hall–Kier alpha value is -1.43. The summed E-state index contributed by atoms with van der Waals surface area (Å²) in [5, 5.41) is 7.81. The van der Waals surface area contributed by atoms with Crippen LogP contribution in [-0.2, 0) is 14.4 Å². The van der Waals surface area contributed by atoms with Gasteiger partial charge in [-0.05, 0) is 6.42 Å². The minimum Gasteiger partial charge on any atom is -0.356 e. The summed E-state index contributed by atoms with van der Waals surface area (Å²) in [6.07, 6.45) is 1.38. The van der Waals surface area contributed by atoms with E-state index in [0.29, 0.717) is 19.5 Å². The molecule has 90 valence electrons. The highest BCUT2D eigenvalue weighted by Gasteiger charge is 2.29. The van der Waals surface area contributed by atoms with Gasteiger partial charge in [0, 0.05) is 19.5 Å². The molecule has 1 rings (SSSR count). The quantitative estimate of drug-likeness (QED) is 0.503. The van der Waals surface area contributed by atoms with Crippen molar-refractivity contribution in [3.8, 4) is 0 Å². The Morgan fingerprint density at radius 2 is 2.19 bits per heavy atom. The summed E-state index contributed by atoms with van der Waals surface area (Å²) >= 11 is 0. The third-order valence-electron chi connectivity index (χ3n) is 2.28. The molecule has 3 amide bonds. The van der Waals surface area contributed by atoms with Crippen LogP contribution in [0.25, 0.3) is 0 Å². The van der Waals surface area contributed by atoms with Crippen molar-refractivity contribution in [1.29, 1.82) is 0 Å². The fraction of sp³-hybridized carbons (Fsp3) is 0.700. The van der Waals surface area contributed by atoms with Gasteiger partial charge in [0.05, 0.1) is 12.5 Å². The molecule has 1 saturated heterocycles. The molecule has 16 heavy (non-hydrogen) atoms. The molecule has 1 aliphatic rings. The van der Waals surface area contributed by atoms with Gasteiger partial charge in [0.2, 0.25) is 17.7 Å². The van der Waals surface area contributed by atoms with Gasteiger partial charge in [-0.2, -0.15) is 0 Å². The predicted molar refractivity (Wildman–Crippen MR) is 57.5 cm³/mol. The third-order valence-corrected chi connectivity index (χ3v) is 2.28. The Labute approximate surface area is 94.2 Å². The second-order valence-corrected chi connectivity index (χ2v) is 3.72. The molecular weight excluding hydrogens is 210 g/mol. The van der Waals surface area contributed by atoms with Gasteiger partial charge in [0.15, 0.2) is 0 Å². The fourth-order valence-electron chi connectivity index (χ4n) is 1.43. The molecule has 1 aliphatic heterocycles. The number of rotatable bonds is 6. The number of hydrogen-bond acceptors (Lipinski definition) is 4. The first kappa shape index (κ1) is 12.6. The van der Waals surface area contributed by atoms with E-state index >= 15 is 0 Å². The summed E-state index contributed by atoms with van der Waals surface area (Å²) in [5.41, 5.74) is 0. The monoisotopic (exact) mass is 227 g/mol. The van der Waals surface area contributed by atoms with E-state index < -0.39 is 6.04 Å². The molecule has 0 aromatic rings. The van der Waals surface area contributed by atoms with Crippen LogP contribution in [0.1, 0.15) is 26.2 Å². The number of hydrogen-bond donors (Lipinski definition) is 3. The van der Waals surface area contributed by atoms with Gasteiger partial charge in [-0.3, -0.25) is 19.7 Å². The fourth-order valence-corrected chi connectivity index (χ4v) is 1.43. The van der Waals surface area contributed by atoms with E-state index in [1.54, 1.807) is 0 Å². The average molecular weight is 227 g/mol. The minimum absolute atomic E-state index is 0.0425. The van der Waals surface area contributed by atoms with Crippen LogP contribution in [0.2, 0.25) is 0 Å². The maximum atomic E-state index is 11.2. The zero-order chi connectivity index (χ0) is 12.0. The van der Waals surface area contributed by atoms with Gasteiger partial charge in [-0.25, -0.2) is 0 Å². The summed E-state index contributed by atoms with van der Waals surface area (Å²) in [4.78, 5) is 33.2. The van der Waals surface area contributed by atoms with Gasteiger partial charge in [0.25, 0.3) is 0 Å². The molecule has 0 spiro atoms. The van der Waals surface area contributed by atoms with Crippen molar-refractivity contribution in [1.82, 2.24) is 16.0 Å². The lowest BCUT2D eigenvalue weighted by molar-refractivity contribution is -0.125. The topological polar surface area (TPSA) is 87.3 Å². The largest absolute Gasteiger partial charge is 0.356 e. The summed E-state index contributed by atoms with van der Waals surface area (Å²) in [5.74, 6) is -0.615. The van der Waals surface area contributed by atoms with Crippen molar-refractivity contribution >= 4 is 17.7 Å². The van der Waals surface area contributed by atoms with E-state index in [4.69, 9.17) is 0 Å². The first-order chi connectivity index (χ1) is 7.63. The van der Waals surface area contributed by atoms with Crippen LogP contribution in [-0.4, -0.2) is 36.9 Å². The number of carbonyl (C=O) groups is 3. The predicted octanol–water partition coefficient (Wildman–Crippen LogP) is -1.09. The van der Waals surface area contributed by atoms with E-state index in [2.05, 4.69) is 16.0 Å². The Bertz CT molecular complexity index is 291. The van der Waals surface area contributed by atoms with Gasteiger partial charge in [0.1, 0.15) is 0 Å². The molecule has 6 nitrogen and oxygen atoms in total. The van der Waals surface area contributed by atoms with Gasteiger partial charge in [-0.15, -0.1) is 0 Å². The minimum atomic E-state index is -0.480. The Kier molecular flexibility index (Phi) is 4.91. The zero-order valence-electron chi connectivity index (χ0n) is 9.34. The average Bonchev–Trinajstić information content (AvgIpc) is 2.55. The van der Waals surface area contributed by atoms with E-state index in [-0.39, 0.29) is 24.1 Å². The highest BCUT2D eigenvalue weighted by Crippen LogP contribution is 2.00. The second-order valence-electron chi connectivity index (χ2n) is 3.72. The van der Waals surface area contributed by atoms with Crippen LogP contribution < -0.4 is 16.0 Å². The molecule has 1 fully saturated rings. The van der Waals surface area contributed by atoms with Crippen molar-refractivity contribution in [3.63, 3.8) is 0 Å². The molecule has 3 N–H and O–H groups in total. The molecule has 6 heteroatoms. The lowest BCUT2D eigenvalue weighted by Crippen LogP contribution is -2.38. The summed E-state index contributed by atoms with van der Waals surface area (Å²) < 4.78 is 0. The smallest absolute Gasteiger partial charge is 0.244 e. The lowest BCUT2D eigenvalue weighted by Gasteiger charge is -2.08. The first-order valence-electron chi connectivity index (χ1n) is 5.47. The number of nitrogens with one attached hydrogen (secondary N) is 3. The van der Waals surface area contributed by atoms with Crippen LogP contribution in [0.4, 0.5) is 0 Å². The maximum absolute atomic E-state index is 11.2. The number of imide groups is 1. The van der Waals surface area contributed by atoms with Crippen molar-refractivity contribution in [2.24, 2.45) is 0 Å². The van der Waals surface area contributed by atoms with Crippen molar-refractivity contribution in [3.05, 3.63) is 0 Å². The van der Waals surface area contributed by atoms with Crippen LogP contribution in [0.5, 0.6) is 0 Å². The second kappa shape index (κ2) is 6.22. The molecule has 0 saturated carbocycles. The van der Waals surface area contributed by atoms with Gasteiger partial charge >= 0.3 is 0 Å². The van der Waals surface area contributed by atoms with E-state index in [1.807, 2.05) is 6.92 Å². The third kappa shape index (κ3) is 3.98. The van der Waals surface area contributed by atoms with Gasteiger partial charge in [-0.1, -0.05) is 6.92 Å². The zero-order valence-corrected chi connectivity index (χ0v) is 9.34. The molecule has 1 unspecified atom stereocenters. The van der Waals surface area contributed by atoms with Crippen molar-refractivity contribution < 1.29 is 14.4 Å². The van der Waals surface area contributed by atoms with E-state index in [9.17, 15) is 14.4 Å². The van der Waals surface area contributed by atoms with E-state index in [1.165, 1.54) is 0 Å². The van der Waals surface area contributed by atoms with Crippen LogP contribution >= 0.6 is 0 Å². The SMILES string of the molecule is CCCNC(=O)CCNC1CC(=O)NC1=O. The maximum Gasteiger partial charge on any atom is 0.244 e. The molecular formula is C10H17N3O3. The van der Waals surface area contributed by atoms with E-state index in [0.717, 1.165) is 6.42 Å². The highest BCUT2D eigenvalue weighted by atomic mass is 16.2. The molecule has 1 atom stereocenters. The summed E-state index contributed by atoms with van der Waals surface area (Å²) in [6, 6.07) is -0.480. The number of carbonyl (C=O) groups excluding carboxylic acids is 3. The summed E-state index contributed by atoms with van der Waals surface area (Å²) in [7, 11) is 0. The standard InChI is InChI=1S/C10H17N3O3/c1-2-4-12-8(14)3-5-11-7-6-9(15)13-10(7)16/h7,11H,2-6H2,1H3,(H,12,14)(H,13,15,16). The molecule has 1 heterocycles. The van der Waals surface area contributed by atoms with Crippen LogP contribution in [0.15, 0.2) is 0 Å². The Morgan fingerprint density at radius 3 is 2.75 bits per heavy atom.